The molecule has 1 saturated heterocycles. The molecule has 48 heavy (non-hydrogen) atoms. The summed E-state index contributed by atoms with van der Waals surface area (Å²) in [5.41, 5.74) is -1.47. The van der Waals surface area contributed by atoms with Crippen LogP contribution in [0.2, 0.25) is 0 Å². The Morgan fingerprint density at radius 1 is 1.08 bits per heavy atom. The molecule has 14 heteroatoms. The zero-order valence-electron chi connectivity index (χ0n) is 27.2. The van der Waals surface area contributed by atoms with E-state index in [0.717, 1.165) is 23.6 Å². The first kappa shape index (κ1) is 33.7. The van der Waals surface area contributed by atoms with Crippen LogP contribution in [0.3, 0.4) is 0 Å². The highest BCUT2D eigenvalue weighted by molar-refractivity contribution is 7.91. The summed E-state index contributed by atoms with van der Waals surface area (Å²) in [5, 5.41) is 6.65. The van der Waals surface area contributed by atoms with E-state index in [-0.39, 0.29) is 19.4 Å². The summed E-state index contributed by atoms with van der Waals surface area (Å²) in [6, 6.07) is 7.41. The number of amides is 4. The van der Waals surface area contributed by atoms with E-state index in [1.165, 1.54) is 4.90 Å². The number of carbonyl (C=O) groups excluding carboxylic acids is 4. The standard InChI is InChI=1S/C34H43N5O8S/c1-21(2)46-33(43)36-27-13-7-5-3-4-6-11-23-19-34(23,32(42)38-48(44,45)25-14-15-25)37-29(40)28-18-24(20-39(28)31(27)41)47-30-26-12-9-8-10-22(26)16-17-35-30/h6,8-12,16-17,21,23-25,27-28H,3-5,7,13-15,18-20H2,1-2H3,(H,36,43)(H,37,40)(H,38,42)/b11-6-/t23-,24+,27-,28-,34+/m0/s1. The van der Waals surface area contributed by atoms with Gasteiger partial charge in [0, 0.05) is 23.9 Å². The van der Waals surface area contributed by atoms with Gasteiger partial charge >= 0.3 is 6.09 Å². The number of sulfonamides is 1. The molecule has 13 nitrogen and oxygen atoms in total. The Morgan fingerprint density at radius 2 is 1.88 bits per heavy atom. The summed E-state index contributed by atoms with van der Waals surface area (Å²) in [6.45, 7) is 3.45. The molecule has 0 bridgehead atoms. The Morgan fingerprint density at radius 3 is 2.65 bits per heavy atom. The normalized spacial score (nSPS) is 28.7. The summed E-state index contributed by atoms with van der Waals surface area (Å²) in [4.78, 5) is 60.5. The van der Waals surface area contributed by atoms with Crippen molar-refractivity contribution in [2.45, 2.75) is 107 Å². The van der Waals surface area contributed by atoms with Gasteiger partial charge in [-0.1, -0.05) is 43.2 Å². The van der Waals surface area contributed by atoms with Crippen LogP contribution in [0.5, 0.6) is 5.88 Å². The number of hydrogen-bond acceptors (Lipinski definition) is 9. The Bertz CT molecular complexity index is 1700. The van der Waals surface area contributed by atoms with Crippen LogP contribution in [0.4, 0.5) is 4.79 Å². The maximum Gasteiger partial charge on any atom is 0.408 e. The molecule has 3 fully saturated rings. The molecule has 258 valence electrons. The van der Waals surface area contributed by atoms with Crippen LogP contribution in [-0.2, 0) is 29.1 Å². The van der Waals surface area contributed by atoms with Crippen molar-refractivity contribution < 1.29 is 37.1 Å². The van der Waals surface area contributed by atoms with Crippen molar-refractivity contribution >= 4 is 44.6 Å². The zero-order valence-corrected chi connectivity index (χ0v) is 28.0. The smallest absolute Gasteiger partial charge is 0.408 e. The number of hydrogen-bond donors (Lipinski definition) is 3. The van der Waals surface area contributed by atoms with Gasteiger partial charge < -0.3 is 25.0 Å². The van der Waals surface area contributed by atoms with Gasteiger partial charge in [0.25, 0.3) is 5.91 Å². The number of allylic oxidation sites excluding steroid dienone is 1. The largest absolute Gasteiger partial charge is 0.472 e. The molecule has 4 amide bonds. The maximum absolute atomic E-state index is 14.3. The van der Waals surface area contributed by atoms with E-state index in [9.17, 15) is 27.6 Å². The number of ether oxygens (including phenoxy) is 2. The van der Waals surface area contributed by atoms with Gasteiger partial charge in [-0.15, -0.1) is 0 Å². The number of benzene rings is 1. The third kappa shape index (κ3) is 7.43. The van der Waals surface area contributed by atoms with Gasteiger partial charge in [-0.2, -0.15) is 0 Å². The fourth-order valence-electron chi connectivity index (χ4n) is 6.58. The van der Waals surface area contributed by atoms with Gasteiger partial charge in [0.2, 0.25) is 27.7 Å². The SMILES string of the molecule is CC(C)OC(=O)N[C@H]1CCCCC/C=C\[C@H]2C[C@@]2(C(=O)NS(=O)(=O)C2CC2)NC(=O)[C@@H]2C[C@@H](Oc3nccc4ccccc34)CN2C1=O. The van der Waals surface area contributed by atoms with Crippen LogP contribution in [0, 0.1) is 5.92 Å². The molecule has 3 heterocycles. The summed E-state index contributed by atoms with van der Waals surface area (Å²) >= 11 is 0. The minimum Gasteiger partial charge on any atom is -0.472 e. The maximum atomic E-state index is 14.3. The zero-order chi connectivity index (χ0) is 34.1. The number of alkyl carbamates (subject to hydrolysis) is 1. The lowest BCUT2D eigenvalue weighted by atomic mass is 10.0. The molecule has 1 aromatic carbocycles. The summed E-state index contributed by atoms with van der Waals surface area (Å²) in [6.07, 6.45) is 8.24. The Labute approximate surface area is 280 Å². The number of nitrogens with zero attached hydrogens (tertiary/aromatic N) is 2. The third-order valence-corrected chi connectivity index (χ3v) is 11.2. The molecule has 0 unspecified atom stereocenters. The van der Waals surface area contributed by atoms with Gasteiger partial charge in [-0.3, -0.25) is 19.1 Å². The van der Waals surface area contributed by atoms with Crippen molar-refractivity contribution in [3.8, 4) is 5.88 Å². The molecular weight excluding hydrogens is 638 g/mol. The predicted octanol–water partition coefficient (Wildman–Crippen LogP) is 3.09. The Kier molecular flexibility index (Phi) is 9.64. The molecule has 1 aromatic heterocycles. The number of fused-ring (bicyclic) bond motifs is 3. The van der Waals surface area contributed by atoms with Crippen molar-refractivity contribution in [1.82, 2.24) is 25.2 Å². The van der Waals surface area contributed by atoms with Crippen LogP contribution >= 0.6 is 0 Å². The number of nitrogens with one attached hydrogen (secondary N) is 3. The van der Waals surface area contributed by atoms with Crippen molar-refractivity contribution in [1.29, 1.82) is 0 Å². The first-order chi connectivity index (χ1) is 23.0. The van der Waals surface area contributed by atoms with Crippen molar-refractivity contribution in [3.63, 3.8) is 0 Å². The lowest BCUT2D eigenvalue weighted by Gasteiger charge is -2.29. The molecule has 4 aliphatic rings. The first-order valence-corrected chi connectivity index (χ1v) is 18.3. The number of aromatic nitrogens is 1. The summed E-state index contributed by atoms with van der Waals surface area (Å²) in [7, 11) is -3.86. The van der Waals surface area contributed by atoms with Gasteiger partial charge in [0.15, 0.2) is 0 Å². The second-order valence-corrected chi connectivity index (χ2v) is 15.4. The fourth-order valence-corrected chi connectivity index (χ4v) is 7.95. The van der Waals surface area contributed by atoms with E-state index < -0.39 is 74.8 Å². The number of carbonyl (C=O) groups is 4. The van der Waals surface area contributed by atoms with Crippen LogP contribution in [0.25, 0.3) is 10.8 Å². The molecule has 0 radical (unpaired) electrons. The van der Waals surface area contributed by atoms with E-state index >= 15 is 0 Å². The van der Waals surface area contributed by atoms with E-state index in [1.807, 2.05) is 42.5 Å². The lowest BCUT2D eigenvalue weighted by molar-refractivity contribution is -0.141. The van der Waals surface area contributed by atoms with E-state index in [0.29, 0.717) is 38.0 Å². The summed E-state index contributed by atoms with van der Waals surface area (Å²) in [5.74, 6) is -1.89. The van der Waals surface area contributed by atoms with Crippen LogP contribution < -0.4 is 20.1 Å². The third-order valence-electron chi connectivity index (χ3n) is 9.39. The number of pyridine rings is 1. The molecular formula is C34H43N5O8S. The quantitative estimate of drug-likeness (QED) is 0.371. The molecule has 2 saturated carbocycles. The highest BCUT2D eigenvalue weighted by atomic mass is 32.2. The first-order valence-electron chi connectivity index (χ1n) is 16.8. The van der Waals surface area contributed by atoms with Crippen molar-refractivity contribution in [3.05, 3.63) is 48.7 Å². The topological polar surface area (TPSA) is 173 Å². The lowest BCUT2D eigenvalue weighted by Crippen LogP contribution is -2.58. The van der Waals surface area contributed by atoms with Gasteiger partial charge in [0.05, 0.1) is 17.9 Å². The van der Waals surface area contributed by atoms with Crippen LogP contribution in [0.15, 0.2) is 48.7 Å². The van der Waals surface area contributed by atoms with Crippen molar-refractivity contribution in [2.75, 3.05) is 6.54 Å². The van der Waals surface area contributed by atoms with E-state index in [1.54, 1.807) is 20.0 Å². The monoisotopic (exact) mass is 681 g/mol. The van der Waals surface area contributed by atoms with Gasteiger partial charge in [-0.25, -0.2) is 18.2 Å². The molecule has 2 aliphatic carbocycles. The Balaban J connectivity index is 1.30. The van der Waals surface area contributed by atoms with Gasteiger partial charge in [0.1, 0.15) is 23.7 Å². The van der Waals surface area contributed by atoms with Crippen LogP contribution in [0.1, 0.15) is 71.6 Å². The molecule has 0 spiro atoms. The molecule has 6 rings (SSSR count). The minimum absolute atomic E-state index is 0.0256. The highest BCUT2D eigenvalue weighted by Gasteiger charge is 2.62. The molecule has 5 atom stereocenters. The predicted molar refractivity (Wildman–Crippen MR) is 176 cm³/mol. The average molecular weight is 682 g/mol. The molecule has 3 N–H and O–H groups in total. The second-order valence-electron chi connectivity index (χ2n) is 13.5. The fraction of sp³-hybridized carbons (Fsp3) is 0.559. The second kappa shape index (κ2) is 13.7. The number of rotatable bonds is 7. The van der Waals surface area contributed by atoms with Gasteiger partial charge in [-0.05, 0) is 69.9 Å². The minimum atomic E-state index is -3.86. The van der Waals surface area contributed by atoms with Crippen molar-refractivity contribution in [2.24, 2.45) is 5.92 Å². The van der Waals surface area contributed by atoms with E-state index in [4.69, 9.17) is 9.47 Å². The van der Waals surface area contributed by atoms with Crippen LogP contribution in [-0.4, -0.2) is 83.7 Å². The Hall–Kier alpha value is -4.20. The highest BCUT2D eigenvalue weighted by Crippen LogP contribution is 2.46. The molecule has 2 aromatic rings. The molecule has 2 aliphatic heterocycles. The van der Waals surface area contributed by atoms with E-state index in [2.05, 4.69) is 20.3 Å². The average Bonchev–Trinajstić information content (AvgIpc) is 3.96. The summed E-state index contributed by atoms with van der Waals surface area (Å²) < 4.78 is 39.3.